The molecule has 196 valence electrons. The predicted octanol–water partition coefficient (Wildman–Crippen LogP) is 5.09. The number of carbonyl (C=O) groups excluding carboxylic acids is 3. The van der Waals surface area contributed by atoms with Crippen molar-refractivity contribution in [3.63, 3.8) is 0 Å². The number of hydrogen-bond acceptors (Lipinski definition) is 5. The monoisotopic (exact) mass is 549 g/mol. The zero-order valence-electron chi connectivity index (χ0n) is 20.9. The van der Waals surface area contributed by atoms with Crippen LogP contribution in [0.5, 0.6) is 0 Å². The van der Waals surface area contributed by atoms with Crippen LogP contribution in [0.3, 0.4) is 0 Å². The molecular weight excluding hydrogens is 522 g/mol. The van der Waals surface area contributed by atoms with Gasteiger partial charge in [-0.1, -0.05) is 54.1 Å². The lowest BCUT2D eigenvalue weighted by Gasteiger charge is -2.24. The maximum absolute atomic E-state index is 13.5. The Bertz CT molecular complexity index is 1300. The lowest BCUT2D eigenvalue weighted by atomic mass is 10.1. The topological polar surface area (TPSA) is 78.9 Å². The highest BCUT2D eigenvalue weighted by atomic mass is 35.5. The van der Waals surface area contributed by atoms with E-state index >= 15 is 0 Å². The van der Waals surface area contributed by atoms with Gasteiger partial charge in [0.1, 0.15) is 6.04 Å². The molecule has 0 aliphatic carbocycles. The van der Waals surface area contributed by atoms with Crippen LogP contribution >= 0.6 is 23.8 Å². The molecule has 0 bridgehead atoms. The molecule has 1 heterocycles. The van der Waals surface area contributed by atoms with Gasteiger partial charge in [0.25, 0.3) is 5.91 Å². The summed E-state index contributed by atoms with van der Waals surface area (Å²) in [6.45, 7) is 2.83. The first kappa shape index (κ1) is 27.3. The van der Waals surface area contributed by atoms with E-state index in [9.17, 15) is 14.4 Å². The Balaban J connectivity index is 1.47. The van der Waals surface area contributed by atoms with Crippen molar-refractivity contribution in [2.45, 2.75) is 32.4 Å². The number of thiocarbonyl (C=S) groups is 1. The van der Waals surface area contributed by atoms with Crippen LogP contribution in [0.25, 0.3) is 0 Å². The number of rotatable bonds is 10. The fraction of sp³-hybridized carbons (Fsp3) is 0.241. The number of halogens is 1. The minimum Gasteiger partial charge on any atom is -0.462 e. The van der Waals surface area contributed by atoms with E-state index in [2.05, 4.69) is 5.32 Å². The third-order valence-electron chi connectivity index (χ3n) is 6.20. The van der Waals surface area contributed by atoms with Gasteiger partial charge in [-0.2, -0.15) is 0 Å². The number of esters is 1. The average molecular weight is 550 g/mol. The second-order valence-corrected chi connectivity index (χ2v) is 9.63. The summed E-state index contributed by atoms with van der Waals surface area (Å²) in [4.78, 5) is 41.8. The van der Waals surface area contributed by atoms with Crippen LogP contribution in [0.4, 0.5) is 5.69 Å². The number of nitrogens with zero attached hydrogens (tertiary/aromatic N) is 2. The standard InChI is InChI=1S/C29H28ClN3O4S/c1-2-37-28(36)22-10-14-24(15-11-22)31-26(34)18-25-27(35)33(19-21-6-4-3-5-7-21)29(38)32(25)17-16-20-8-12-23(30)13-9-20/h3-15,25H,2,16-19H2,1H3,(H,31,34). The van der Waals surface area contributed by atoms with Gasteiger partial charge >= 0.3 is 5.97 Å². The van der Waals surface area contributed by atoms with Gasteiger partial charge in [0.05, 0.1) is 25.1 Å². The van der Waals surface area contributed by atoms with Gasteiger partial charge in [0.15, 0.2) is 5.11 Å². The molecule has 0 radical (unpaired) electrons. The molecule has 0 aromatic heterocycles. The Morgan fingerprint density at radius 3 is 2.32 bits per heavy atom. The molecule has 3 aromatic carbocycles. The number of nitrogens with one attached hydrogen (secondary N) is 1. The summed E-state index contributed by atoms with van der Waals surface area (Å²) >= 11 is 11.7. The zero-order valence-corrected chi connectivity index (χ0v) is 22.5. The molecule has 7 nitrogen and oxygen atoms in total. The fourth-order valence-corrected chi connectivity index (χ4v) is 4.75. The molecule has 1 N–H and O–H groups in total. The Hall–Kier alpha value is -3.75. The molecule has 0 saturated carbocycles. The second-order valence-electron chi connectivity index (χ2n) is 8.83. The minimum absolute atomic E-state index is 0.0650. The van der Waals surface area contributed by atoms with E-state index in [0.29, 0.717) is 40.9 Å². The van der Waals surface area contributed by atoms with Crippen molar-refractivity contribution in [1.82, 2.24) is 9.80 Å². The van der Waals surface area contributed by atoms with Crippen LogP contribution in [0.2, 0.25) is 5.02 Å². The van der Waals surface area contributed by atoms with E-state index in [-0.39, 0.29) is 24.8 Å². The van der Waals surface area contributed by atoms with Gasteiger partial charge < -0.3 is 15.0 Å². The Kier molecular flexibility index (Phi) is 9.10. The van der Waals surface area contributed by atoms with E-state index < -0.39 is 12.0 Å². The van der Waals surface area contributed by atoms with E-state index in [0.717, 1.165) is 11.1 Å². The summed E-state index contributed by atoms with van der Waals surface area (Å²) in [6, 6.07) is 22.8. The van der Waals surface area contributed by atoms with E-state index in [1.54, 1.807) is 36.1 Å². The van der Waals surface area contributed by atoms with Crippen molar-refractivity contribution in [3.8, 4) is 0 Å². The van der Waals surface area contributed by atoms with Crippen LogP contribution in [0.1, 0.15) is 34.8 Å². The van der Waals surface area contributed by atoms with Crippen LogP contribution < -0.4 is 5.32 Å². The number of amides is 2. The summed E-state index contributed by atoms with van der Waals surface area (Å²) in [5, 5.41) is 3.88. The number of anilines is 1. The molecule has 0 spiro atoms. The Morgan fingerprint density at radius 1 is 0.974 bits per heavy atom. The molecule has 1 atom stereocenters. The van der Waals surface area contributed by atoms with E-state index in [1.165, 1.54) is 0 Å². The number of hydrogen-bond donors (Lipinski definition) is 1. The molecule has 4 rings (SSSR count). The number of carbonyl (C=O) groups is 3. The lowest BCUT2D eigenvalue weighted by Crippen LogP contribution is -2.39. The fourth-order valence-electron chi connectivity index (χ4n) is 4.25. The summed E-state index contributed by atoms with van der Waals surface area (Å²) < 4.78 is 4.99. The third-order valence-corrected chi connectivity index (χ3v) is 6.91. The molecule has 1 saturated heterocycles. The SMILES string of the molecule is CCOC(=O)c1ccc(NC(=O)CC2C(=O)N(Cc3ccccc3)C(=S)N2CCc2ccc(Cl)cc2)cc1. The number of benzene rings is 3. The normalized spacial score (nSPS) is 15.1. The van der Waals surface area contributed by atoms with Crippen molar-refractivity contribution in [3.05, 3.63) is 101 Å². The summed E-state index contributed by atoms with van der Waals surface area (Å²) in [5.41, 5.74) is 2.92. The van der Waals surface area contributed by atoms with Gasteiger partial charge in [-0.3, -0.25) is 14.5 Å². The predicted molar refractivity (Wildman–Crippen MR) is 151 cm³/mol. The summed E-state index contributed by atoms with van der Waals surface area (Å²) in [7, 11) is 0. The van der Waals surface area contributed by atoms with Crippen molar-refractivity contribution >= 4 is 52.4 Å². The average Bonchev–Trinajstić information content (AvgIpc) is 3.13. The van der Waals surface area contributed by atoms with Gasteiger partial charge in [0, 0.05) is 17.3 Å². The maximum atomic E-state index is 13.5. The Labute approximate surface area is 232 Å². The molecule has 1 aliphatic heterocycles. The van der Waals surface area contributed by atoms with Gasteiger partial charge in [-0.25, -0.2) is 4.79 Å². The Morgan fingerprint density at radius 2 is 1.66 bits per heavy atom. The third kappa shape index (κ3) is 6.76. The van der Waals surface area contributed by atoms with E-state index in [4.69, 9.17) is 28.6 Å². The summed E-state index contributed by atoms with van der Waals surface area (Å²) in [5.74, 6) is -0.957. The van der Waals surface area contributed by atoms with Crippen LogP contribution in [0, 0.1) is 0 Å². The zero-order chi connectivity index (χ0) is 27.1. The molecule has 1 fully saturated rings. The van der Waals surface area contributed by atoms with Crippen molar-refractivity contribution in [2.75, 3.05) is 18.5 Å². The molecule has 1 unspecified atom stereocenters. The second kappa shape index (κ2) is 12.7. The smallest absolute Gasteiger partial charge is 0.338 e. The first-order valence-corrected chi connectivity index (χ1v) is 13.1. The maximum Gasteiger partial charge on any atom is 0.338 e. The van der Waals surface area contributed by atoms with E-state index in [1.807, 2.05) is 59.5 Å². The highest BCUT2D eigenvalue weighted by Gasteiger charge is 2.43. The number of ether oxygens (including phenoxy) is 1. The molecule has 1 aliphatic rings. The first-order chi connectivity index (χ1) is 18.4. The highest BCUT2D eigenvalue weighted by molar-refractivity contribution is 7.80. The van der Waals surface area contributed by atoms with Crippen LogP contribution in [-0.4, -0.2) is 51.9 Å². The van der Waals surface area contributed by atoms with Crippen molar-refractivity contribution in [1.29, 1.82) is 0 Å². The molecule has 38 heavy (non-hydrogen) atoms. The minimum atomic E-state index is -0.725. The quantitative estimate of drug-likeness (QED) is 0.280. The molecule has 9 heteroatoms. The largest absolute Gasteiger partial charge is 0.462 e. The highest BCUT2D eigenvalue weighted by Crippen LogP contribution is 2.24. The molecule has 3 aromatic rings. The molecular formula is C29H28ClN3O4S. The van der Waals surface area contributed by atoms with Crippen molar-refractivity contribution < 1.29 is 19.1 Å². The lowest BCUT2D eigenvalue weighted by molar-refractivity contribution is -0.131. The first-order valence-electron chi connectivity index (χ1n) is 12.3. The molecule has 2 amide bonds. The van der Waals surface area contributed by atoms with Crippen molar-refractivity contribution in [2.24, 2.45) is 0 Å². The summed E-state index contributed by atoms with van der Waals surface area (Å²) in [6.07, 6.45) is 0.571. The van der Waals surface area contributed by atoms with Crippen LogP contribution in [0.15, 0.2) is 78.9 Å². The van der Waals surface area contributed by atoms with Gasteiger partial charge in [0.2, 0.25) is 5.91 Å². The van der Waals surface area contributed by atoms with Gasteiger partial charge in [-0.15, -0.1) is 0 Å². The van der Waals surface area contributed by atoms with Crippen LogP contribution in [-0.2, 0) is 27.3 Å². The van der Waals surface area contributed by atoms with Gasteiger partial charge in [-0.05, 0) is 73.1 Å².